The number of hydrogen-bond donors (Lipinski definition) is 2. The van der Waals surface area contributed by atoms with Crippen molar-refractivity contribution < 1.29 is 4.79 Å². The van der Waals surface area contributed by atoms with Gasteiger partial charge >= 0.3 is 0 Å². The highest BCUT2D eigenvalue weighted by Crippen LogP contribution is 2.31. The van der Waals surface area contributed by atoms with Crippen molar-refractivity contribution in [2.75, 3.05) is 5.32 Å². The van der Waals surface area contributed by atoms with E-state index in [0.29, 0.717) is 11.5 Å². The standard InChI is InChI=1S/C42H46N2O/c1-4-33(30-34-16-8-6-9-17-34)27-26-32(3)42(45)44-38-22-14-19-35(31-38)18-12-13-21-37-20-10-7-11-23-41-39(24-15-25-40(37)41)36(5-2)28-29-43/h1,5,7,11,13-15,19-22,24-29,31,34,43H,2,6,8-10,12,16-18,23,30H2,3H3,(H,44,45)/b11-7?,21-13+,32-26?,33-27?,36-28+,37-20?,43-29?. The molecule has 0 atom stereocenters. The van der Waals surface area contributed by atoms with Crippen LogP contribution in [0.25, 0.3) is 11.1 Å². The number of amides is 1. The van der Waals surface area contributed by atoms with Gasteiger partial charge < -0.3 is 10.7 Å². The van der Waals surface area contributed by atoms with Crippen molar-refractivity contribution in [1.29, 1.82) is 5.41 Å². The average molecular weight is 595 g/mol. The van der Waals surface area contributed by atoms with Crippen LogP contribution in [-0.4, -0.2) is 12.1 Å². The highest BCUT2D eigenvalue weighted by Gasteiger charge is 2.15. The van der Waals surface area contributed by atoms with E-state index in [1.54, 1.807) is 6.08 Å². The summed E-state index contributed by atoms with van der Waals surface area (Å²) in [6.45, 7) is 5.80. The molecule has 230 valence electrons. The summed E-state index contributed by atoms with van der Waals surface area (Å²) in [7, 11) is 0. The molecule has 0 aromatic heterocycles. The van der Waals surface area contributed by atoms with Gasteiger partial charge in [0.1, 0.15) is 0 Å². The van der Waals surface area contributed by atoms with Gasteiger partial charge in [0.2, 0.25) is 0 Å². The molecule has 4 rings (SSSR count). The predicted octanol–water partition coefficient (Wildman–Crippen LogP) is 10.4. The summed E-state index contributed by atoms with van der Waals surface area (Å²) >= 11 is 0. The SMILES string of the molecule is C#CC(=CC=C(C)C(=O)Nc1cccc(CC/C=C/C2=CCC=CCc3c2cccc3/C(C=C)=C/C=N)c1)CC1CCCCC1. The number of aryl methyl sites for hydroxylation is 1. The molecular weight excluding hydrogens is 548 g/mol. The van der Waals surface area contributed by atoms with E-state index in [0.717, 1.165) is 54.5 Å². The van der Waals surface area contributed by atoms with Crippen LogP contribution in [0.2, 0.25) is 0 Å². The molecule has 0 heterocycles. The van der Waals surface area contributed by atoms with Gasteiger partial charge in [0.25, 0.3) is 5.91 Å². The van der Waals surface area contributed by atoms with Crippen LogP contribution in [0.1, 0.15) is 80.5 Å². The lowest BCUT2D eigenvalue weighted by Crippen LogP contribution is -2.12. The zero-order valence-electron chi connectivity index (χ0n) is 26.7. The molecule has 1 fully saturated rings. The van der Waals surface area contributed by atoms with Crippen molar-refractivity contribution in [3.8, 4) is 12.3 Å². The second kappa shape index (κ2) is 17.6. The Morgan fingerprint density at radius 1 is 1.09 bits per heavy atom. The molecule has 0 spiro atoms. The van der Waals surface area contributed by atoms with Crippen LogP contribution in [0.3, 0.4) is 0 Å². The van der Waals surface area contributed by atoms with Gasteiger partial charge in [0.15, 0.2) is 0 Å². The number of carbonyl (C=O) groups is 1. The molecule has 3 nitrogen and oxygen atoms in total. The maximum Gasteiger partial charge on any atom is 0.251 e. The summed E-state index contributed by atoms with van der Waals surface area (Å²) in [5, 5.41) is 10.6. The zero-order chi connectivity index (χ0) is 31.9. The Bertz CT molecular complexity index is 1600. The molecule has 1 saturated carbocycles. The highest BCUT2D eigenvalue weighted by atomic mass is 16.1. The van der Waals surface area contributed by atoms with Crippen LogP contribution in [0.5, 0.6) is 0 Å². The fraction of sp³-hybridized carbons (Fsp3) is 0.286. The van der Waals surface area contributed by atoms with Gasteiger partial charge in [-0.1, -0.05) is 124 Å². The van der Waals surface area contributed by atoms with Gasteiger partial charge in [-0.3, -0.25) is 4.79 Å². The Hall–Kier alpha value is -4.68. The van der Waals surface area contributed by atoms with E-state index in [1.165, 1.54) is 60.6 Å². The third kappa shape index (κ3) is 9.91. The molecular formula is C42H46N2O. The highest BCUT2D eigenvalue weighted by molar-refractivity contribution is 6.03. The fourth-order valence-electron chi connectivity index (χ4n) is 6.14. The van der Waals surface area contributed by atoms with E-state index in [1.807, 2.05) is 37.3 Å². The van der Waals surface area contributed by atoms with Gasteiger partial charge in [-0.15, -0.1) is 6.42 Å². The van der Waals surface area contributed by atoms with Crippen molar-refractivity contribution in [2.45, 2.75) is 71.1 Å². The summed E-state index contributed by atoms with van der Waals surface area (Å²) in [5.74, 6) is 3.38. The number of rotatable bonds is 12. The zero-order valence-corrected chi connectivity index (χ0v) is 26.7. The normalized spacial score (nSPS) is 16.3. The number of nitrogens with one attached hydrogen (secondary N) is 2. The lowest BCUT2D eigenvalue weighted by Gasteiger charge is -2.21. The lowest BCUT2D eigenvalue weighted by atomic mass is 9.85. The Balaban J connectivity index is 1.38. The number of terminal acetylenes is 1. The Morgan fingerprint density at radius 3 is 2.69 bits per heavy atom. The molecule has 2 aromatic carbocycles. The first-order valence-corrected chi connectivity index (χ1v) is 16.2. The molecule has 0 aliphatic heterocycles. The first kappa shape index (κ1) is 33.2. The fourth-order valence-corrected chi connectivity index (χ4v) is 6.14. The average Bonchev–Trinajstić information content (AvgIpc) is 3.05. The monoisotopic (exact) mass is 594 g/mol. The smallest absolute Gasteiger partial charge is 0.251 e. The Morgan fingerprint density at radius 2 is 1.91 bits per heavy atom. The minimum absolute atomic E-state index is 0.115. The first-order valence-electron chi connectivity index (χ1n) is 16.2. The third-order valence-corrected chi connectivity index (χ3v) is 8.64. The number of hydrogen-bond acceptors (Lipinski definition) is 2. The van der Waals surface area contributed by atoms with E-state index in [9.17, 15) is 4.79 Å². The van der Waals surface area contributed by atoms with Crippen molar-refractivity contribution in [3.63, 3.8) is 0 Å². The number of anilines is 1. The summed E-state index contributed by atoms with van der Waals surface area (Å²) in [6, 6.07) is 14.5. The molecule has 0 radical (unpaired) electrons. The Kier molecular flexibility index (Phi) is 13.0. The van der Waals surface area contributed by atoms with Crippen LogP contribution in [0.4, 0.5) is 5.69 Å². The maximum absolute atomic E-state index is 12.9. The van der Waals surface area contributed by atoms with Crippen molar-refractivity contribution in [1.82, 2.24) is 0 Å². The van der Waals surface area contributed by atoms with Crippen molar-refractivity contribution in [2.24, 2.45) is 5.92 Å². The summed E-state index contributed by atoms with van der Waals surface area (Å²) in [6.07, 6.45) is 36.5. The molecule has 2 aromatic rings. The van der Waals surface area contributed by atoms with E-state index in [2.05, 4.69) is 78.5 Å². The second-order valence-electron chi connectivity index (χ2n) is 11.9. The van der Waals surface area contributed by atoms with E-state index in [-0.39, 0.29) is 5.91 Å². The van der Waals surface area contributed by atoms with Crippen LogP contribution >= 0.6 is 0 Å². The van der Waals surface area contributed by atoms with Gasteiger partial charge in [-0.25, -0.2) is 0 Å². The topological polar surface area (TPSA) is 53.0 Å². The van der Waals surface area contributed by atoms with Crippen molar-refractivity contribution in [3.05, 3.63) is 137 Å². The summed E-state index contributed by atoms with van der Waals surface area (Å²) < 4.78 is 0. The maximum atomic E-state index is 12.9. The van der Waals surface area contributed by atoms with Crippen LogP contribution in [0, 0.1) is 23.7 Å². The first-order chi connectivity index (χ1) is 22.0. The molecule has 2 aliphatic rings. The van der Waals surface area contributed by atoms with Gasteiger partial charge in [-0.05, 0) is 96.6 Å². The number of carbonyl (C=O) groups excluding carboxylic acids is 1. The predicted molar refractivity (Wildman–Crippen MR) is 193 cm³/mol. The number of fused-ring (bicyclic) bond motifs is 1. The molecule has 1 amide bonds. The molecule has 3 heteroatoms. The number of benzene rings is 2. The largest absolute Gasteiger partial charge is 0.322 e. The summed E-state index contributed by atoms with van der Waals surface area (Å²) in [5.41, 5.74) is 9.33. The molecule has 2 aliphatic carbocycles. The molecule has 0 bridgehead atoms. The third-order valence-electron chi connectivity index (χ3n) is 8.64. The van der Waals surface area contributed by atoms with E-state index >= 15 is 0 Å². The number of allylic oxidation sites excluding steroid dienone is 12. The van der Waals surface area contributed by atoms with Crippen LogP contribution < -0.4 is 5.32 Å². The van der Waals surface area contributed by atoms with Gasteiger partial charge in [0.05, 0.1) is 0 Å². The molecule has 0 unspecified atom stereocenters. The lowest BCUT2D eigenvalue weighted by molar-refractivity contribution is -0.112. The quantitative estimate of drug-likeness (QED) is 0.0830. The summed E-state index contributed by atoms with van der Waals surface area (Å²) in [4.78, 5) is 12.9. The van der Waals surface area contributed by atoms with E-state index < -0.39 is 0 Å². The minimum atomic E-state index is -0.115. The van der Waals surface area contributed by atoms with Crippen molar-refractivity contribution >= 4 is 29.0 Å². The minimum Gasteiger partial charge on any atom is -0.322 e. The van der Waals surface area contributed by atoms with Gasteiger partial charge in [0, 0.05) is 23.0 Å². The molecule has 2 N–H and O–H groups in total. The Labute approximate surface area is 270 Å². The molecule has 45 heavy (non-hydrogen) atoms. The molecule has 0 saturated heterocycles. The van der Waals surface area contributed by atoms with Crippen LogP contribution in [-0.2, 0) is 17.6 Å². The van der Waals surface area contributed by atoms with Gasteiger partial charge in [-0.2, -0.15) is 0 Å². The van der Waals surface area contributed by atoms with E-state index in [4.69, 9.17) is 11.8 Å². The second-order valence-corrected chi connectivity index (χ2v) is 11.9. The van der Waals surface area contributed by atoms with Crippen LogP contribution in [0.15, 0.2) is 115 Å².